The Balaban J connectivity index is 1.87. The predicted octanol–water partition coefficient (Wildman–Crippen LogP) is 4.61. The van der Waals surface area contributed by atoms with Gasteiger partial charge in [-0.3, -0.25) is 4.40 Å². The molecule has 0 amide bonds. The Kier molecular flexibility index (Phi) is 3.78. The number of thiazole rings is 1. The molecule has 0 aliphatic carbocycles. The number of imidazole rings is 1. The van der Waals surface area contributed by atoms with E-state index < -0.39 is 0 Å². The molecule has 0 saturated carbocycles. The lowest BCUT2D eigenvalue weighted by Gasteiger charge is -2.14. The third kappa shape index (κ3) is 2.64. The molecule has 19 heavy (non-hydrogen) atoms. The highest BCUT2D eigenvalue weighted by molar-refractivity contribution is 7.15. The van der Waals surface area contributed by atoms with Crippen LogP contribution in [0.25, 0.3) is 4.96 Å². The van der Waals surface area contributed by atoms with Crippen LogP contribution < -0.4 is 0 Å². The summed E-state index contributed by atoms with van der Waals surface area (Å²) < 4.78 is 2.04. The second-order valence-corrected chi connectivity index (χ2v) is 5.99. The molecule has 1 unspecified atom stereocenters. The van der Waals surface area contributed by atoms with Gasteiger partial charge in [-0.1, -0.05) is 29.8 Å². The molecule has 2 heterocycles. The summed E-state index contributed by atoms with van der Waals surface area (Å²) in [5.41, 5.74) is 2.15. The van der Waals surface area contributed by atoms with E-state index in [1.807, 2.05) is 40.2 Å². The lowest BCUT2D eigenvalue weighted by molar-refractivity contribution is 0.752. The number of hydrogen-bond acceptors (Lipinski definition) is 2. The first-order valence-corrected chi connectivity index (χ1v) is 7.78. The molecule has 0 radical (unpaired) electrons. The fraction of sp³-hybridized carbons (Fsp3) is 0.214. The van der Waals surface area contributed by atoms with Gasteiger partial charge in [-0.05, 0) is 18.1 Å². The fourth-order valence-corrected chi connectivity index (χ4v) is 3.47. The van der Waals surface area contributed by atoms with E-state index in [0.717, 1.165) is 27.7 Å². The SMILES string of the molecule is ClCC(Cc1cn2ccsc2n1)c1ccccc1Cl. The molecule has 0 aliphatic rings. The van der Waals surface area contributed by atoms with Crippen LogP contribution in [0.4, 0.5) is 0 Å². The highest BCUT2D eigenvalue weighted by atomic mass is 35.5. The lowest BCUT2D eigenvalue weighted by atomic mass is 9.96. The molecule has 0 bridgehead atoms. The third-order valence-electron chi connectivity index (χ3n) is 3.13. The topological polar surface area (TPSA) is 17.3 Å². The normalized spacial score (nSPS) is 12.9. The Morgan fingerprint density at radius 1 is 1.32 bits per heavy atom. The molecule has 2 aromatic heterocycles. The van der Waals surface area contributed by atoms with Gasteiger partial charge < -0.3 is 0 Å². The molecular weight excluding hydrogens is 299 g/mol. The maximum absolute atomic E-state index is 6.24. The summed E-state index contributed by atoms with van der Waals surface area (Å²) in [5.74, 6) is 0.731. The maximum atomic E-state index is 6.24. The van der Waals surface area contributed by atoms with Crippen LogP contribution in [-0.4, -0.2) is 15.3 Å². The highest BCUT2D eigenvalue weighted by Crippen LogP contribution is 2.28. The Morgan fingerprint density at radius 3 is 2.89 bits per heavy atom. The van der Waals surface area contributed by atoms with Crippen LogP contribution in [0.3, 0.4) is 0 Å². The van der Waals surface area contributed by atoms with Gasteiger partial charge in [0.15, 0.2) is 4.96 Å². The summed E-state index contributed by atoms with van der Waals surface area (Å²) in [4.78, 5) is 5.61. The first-order valence-electron chi connectivity index (χ1n) is 5.99. The fourth-order valence-electron chi connectivity index (χ4n) is 2.18. The molecule has 1 aromatic carbocycles. The number of hydrogen-bond donors (Lipinski definition) is 0. The molecule has 0 N–H and O–H groups in total. The molecule has 5 heteroatoms. The number of rotatable bonds is 4. The molecule has 1 atom stereocenters. The summed E-state index contributed by atoms with van der Waals surface area (Å²) in [7, 11) is 0. The van der Waals surface area contributed by atoms with Crippen molar-refractivity contribution >= 4 is 39.5 Å². The van der Waals surface area contributed by atoms with E-state index in [-0.39, 0.29) is 5.92 Å². The van der Waals surface area contributed by atoms with E-state index in [9.17, 15) is 0 Å². The molecule has 2 nitrogen and oxygen atoms in total. The monoisotopic (exact) mass is 310 g/mol. The maximum Gasteiger partial charge on any atom is 0.193 e. The van der Waals surface area contributed by atoms with Crippen molar-refractivity contribution < 1.29 is 0 Å². The van der Waals surface area contributed by atoms with Crippen molar-refractivity contribution in [2.24, 2.45) is 0 Å². The van der Waals surface area contributed by atoms with Gasteiger partial charge in [0.1, 0.15) is 0 Å². The van der Waals surface area contributed by atoms with Crippen molar-refractivity contribution in [2.75, 3.05) is 5.88 Å². The second kappa shape index (κ2) is 5.53. The van der Waals surface area contributed by atoms with E-state index >= 15 is 0 Å². The molecule has 0 saturated heterocycles. The van der Waals surface area contributed by atoms with Gasteiger partial charge in [0.25, 0.3) is 0 Å². The zero-order valence-corrected chi connectivity index (χ0v) is 12.4. The highest BCUT2D eigenvalue weighted by Gasteiger charge is 2.16. The van der Waals surface area contributed by atoms with E-state index in [1.165, 1.54) is 0 Å². The average Bonchev–Trinajstić information content (AvgIpc) is 2.97. The number of fused-ring (bicyclic) bond motifs is 1. The standard InChI is InChI=1S/C14H12Cl2N2S/c15-8-10(12-3-1-2-4-13(12)16)7-11-9-18-5-6-19-14(18)17-11/h1-6,9-10H,7-8H2. The van der Waals surface area contributed by atoms with Gasteiger partial charge >= 0.3 is 0 Å². The number of alkyl halides is 1. The molecular formula is C14H12Cl2N2S. The molecule has 0 fully saturated rings. The van der Waals surface area contributed by atoms with Gasteiger partial charge in [0.05, 0.1) is 5.69 Å². The minimum atomic E-state index is 0.194. The lowest BCUT2D eigenvalue weighted by Crippen LogP contribution is -2.05. The van der Waals surface area contributed by atoms with Crippen LogP contribution in [0.15, 0.2) is 42.0 Å². The first-order chi connectivity index (χ1) is 9.28. The Morgan fingerprint density at radius 2 is 2.16 bits per heavy atom. The van der Waals surface area contributed by atoms with Crippen LogP contribution in [0.5, 0.6) is 0 Å². The molecule has 98 valence electrons. The minimum absolute atomic E-state index is 0.194. The van der Waals surface area contributed by atoms with E-state index in [4.69, 9.17) is 23.2 Å². The largest absolute Gasteiger partial charge is 0.297 e. The third-order valence-corrected chi connectivity index (χ3v) is 4.62. The number of nitrogens with zero attached hydrogens (tertiary/aromatic N) is 2. The summed E-state index contributed by atoms with van der Waals surface area (Å²) in [6.07, 6.45) is 4.88. The van der Waals surface area contributed by atoms with E-state index in [0.29, 0.717) is 5.88 Å². The molecule has 0 spiro atoms. The van der Waals surface area contributed by atoms with Crippen LogP contribution >= 0.6 is 34.5 Å². The molecule has 3 rings (SSSR count). The van der Waals surface area contributed by atoms with E-state index in [1.54, 1.807) is 11.3 Å². The Labute approximate surface area is 125 Å². The predicted molar refractivity (Wildman–Crippen MR) is 81.7 cm³/mol. The molecule has 0 aliphatic heterocycles. The van der Waals surface area contributed by atoms with Gasteiger partial charge in [-0.15, -0.1) is 22.9 Å². The van der Waals surface area contributed by atoms with Crippen molar-refractivity contribution in [3.05, 3.63) is 58.3 Å². The van der Waals surface area contributed by atoms with Crippen molar-refractivity contribution in [2.45, 2.75) is 12.3 Å². The summed E-state index contributed by atoms with van der Waals surface area (Å²) in [5, 5.41) is 2.80. The number of benzene rings is 1. The van der Waals surface area contributed by atoms with Crippen LogP contribution in [-0.2, 0) is 6.42 Å². The van der Waals surface area contributed by atoms with Gasteiger partial charge in [0.2, 0.25) is 0 Å². The van der Waals surface area contributed by atoms with Crippen molar-refractivity contribution in [3.8, 4) is 0 Å². The smallest absolute Gasteiger partial charge is 0.193 e. The summed E-state index contributed by atoms with van der Waals surface area (Å²) in [6, 6.07) is 7.87. The zero-order valence-electron chi connectivity index (χ0n) is 10.1. The number of aromatic nitrogens is 2. The van der Waals surface area contributed by atoms with Crippen molar-refractivity contribution in [3.63, 3.8) is 0 Å². The van der Waals surface area contributed by atoms with Crippen LogP contribution in [0, 0.1) is 0 Å². The first kappa shape index (κ1) is 13.0. The average molecular weight is 311 g/mol. The number of halogens is 2. The van der Waals surface area contributed by atoms with Crippen LogP contribution in [0.2, 0.25) is 5.02 Å². The van der Waals surface area contributed by atoms with Crippen LogP contribution in [0.1, 0.15) is 17.2 Å². The quantitative estimate of drug-likeness (QED) is 0.643. The summed E-state index contributed by atoms with van der Waals surface area (Å²) in [6.45, 7) is 0. The van der Waals surface area contributed by atoms with Crippen molar-refractivity contribution in [1.82, 2.24) is 9.38 Å². The minimum Gasteiger partial charge on any atom is -0.297 e. The second-order valence-electron chi connectivity index (χ2n) is 4.40. The molecule has 3 aromatic rings. The van der Waals surface area contributed by atoms with Gasteiger partial charge in [-0.2, -0.15) is 0 Å². The Hall–Kier alpha value is -1.03. The zero-order chi connectivity index (χ0) is 13.2. The summed E-state index contributed by atoms with van der Waals surface area (Å²) >= 11 is 14.0. The van der Waals surface area contributed by atoms with Gasteiger partial charge in [0, 0.05) is 34.6 Å². The van der Waals surface area contributed by atoms with Crippen molar-refractivity contribution in [1.29, 1.82) is 0 Å². The Bertz CT molecular complexity index is 661. The van der Waals surface area contributed by atoms with E-state index in [2.05, 4.69) is 11.2 Å². The van der Waals surface area contributed by atoms with Gasteiger partial charge in [-0.25, -0.2) is 4.98 Å².